The molecule has 0 radical (unpaired) electrons. The number of nitrogens with one attached hydrogen (secondary N) is 1. The van der Waals surface area contributed by atoms with Gasteiger partial charge in [-0.1, -0.05) is 13.8 Å². The molecule has 0 aromatic carbocycles. The van der Waals surface area contributed by atoms with E-state index < -0.39 is 11.9 Å². The Morgan fingerprint density at radius 1 is 1.44 bits per heavy atom. The van der Waals surface area contributed by atoms with Crippen LogP contribution in [0.1, 0.15) is 37.2 Å². The van der Waals surface area contributed by atoms with Gasteiger partial charge >= 0.3 is 6.18 Å². The number of aryl methyl sites for hydroxylation is 1. The van der Waals surface area contributed by atoms with Crippen molar-refractivity contribution in [1.82, 2.24) is 10.2 Å². The van der Waals surface area contributed by atoms with Crippen molar-refractivity contribution in [3.05, 3.63) is 17.0 Å². The van der Waals surface area contributed by atoms with Gasteiger partial charge in [-0.3, -0.25) is 5.10 Å². The average molecular weight is 231 g/mol. The van der Waals surface area contributed by atoms with Crippen LogP contribution in [0.2, 0.25) is 0 Å². The standard InChI is InChI=1S/C10H12F3N3/c1-6(2)3-4-8-7(5-14)9(16-15-8)10(11,12)13/h6H,3-4H2,1-2H3,(H,15,16). The molecule has 88 valence electrons. The van der Waals surface area contributed by atoms with Gasteiger partial charge in [-0.05, 0) is 18.8 Å². The lowest BCUT2D eigenvalue weighted by molar-refractivity contribution is -0.141. The molecule has 1 aromatic heterocycles. The maximum Gasteiger partial charge on any atom is 0.436 e. The zero-order chi connectivity index (χ0) is 12.3. The molecule has 0 atom stereocenters. The fourth-order valence-corrected chi connectivity index (χ4v) is 1.32. The van der Waals surface area contributed by atoms with Crippen LogP contribution in [0.15, 0.2) is 0 Å². The number of H-pyrrole nitrogens is 1. The van der Waals surface area contributed by atoms with E-state index in [1.165, 1.54) is 0 Å². The second kappa shape index (κ2) is 4.56. The summed E-state index contributed by atoms with van der Waals surface area (Å²) in [5.41, 5.74) is -1.23. The van der Waals surface area contributed by atoms with Crippen molar-refractivity contribution >= 4 is 0 Å². The zero-order valence-corrected chi connectivity index (χ0v) is 9.02. The van der Waals surface area contributed by atoms with Crippen molar-refractivity contribution in [1.29, 1.82) is 5.26 Å². The average Bonchev–Trinajstić information content (AvgIpc) is 2.56. The number of hydrogen-bond donors (Lipinski definition) is 1. The number of aromatic amines is 1. The molecular formula is C10H12F3N3. The monoisotopic (exact) mass is 231 g/mol. The highest BCUT2D eigenvalue weighted by molar-refractivity contribution is 5.39. The number of nitriles is 1. The van der Waals surface area contributed by atoms with Gasteiger partial charge in [-0.2, -0.15) is 23.5 Å². The predicted molar refractivity (Wildman–Crippen MR) is 51.5 cm³/mol. The van der Waals surface area contributed by atoms with E-state index >= 15 is 0 Å². The Morgan fingerprint density at radius 2 is 2.06 bits per heavy atom. The summed E-state index contributed by atoms with van der Waals surface area (Å²) in [6.45, 7) is 3.93. The van der Waals surface area contributed by atoms with Crippen molar-refractivity contribution in [2.75, 3.05) is 0 Å². The Balaban J connectivity index is 2.97. The van der Waals surface area contributed by atoms with Crippen LogP contribution >= 0.6 is 0 Å². The summed E-state index contributed by atoms with van der Waals surface area (Å²) in [5, 5.41) is 14.2. The van der Waals surface area contributed by atoms with E-state index in [9.17, 15) is 13.2 Å². The van der Waals surface area contributed by atoms with Gasteiger partial charge in [0.2, 0.25) is 0 Å². The molecular weight excluding hydrogens is 219 g/mol. The van der Waals surface area contributed by atoms with E-state index in [2.05, 4.69) is 10.2 Å². The largest absolute Gasteiger partial charge is 0.436 e. The molecule has 0 unspecified atom stereocenters. The number of alkyl halides is 3. The third-order valence-corrected chi connectivity index (χ3v) is 2.19. The molecule has 0 fully saturated rings. The van der Waals surface area contributed by atoms with Crippen LogP contribution in [0, 0.1) is 17.2 Å². The Kier molecular flexibility index (Phi) is 3.58. The van der Waals surface area contributed by atoms with E-state index in [-0.39, 0.29) is 11.3 Å². The van der Waals surface area contributed by atoms with Gasteiger partial charge in [-0.15, -0.1) is 0 Å². The SMILES string of the molecule is CC(C)CCc1[nH]nc(C(F)(F)F)c1C#N. The Hall–Kier alpha value is -1.51. The molecule has 6 heteroatoms. The van der Waals surface area contributed by atoms with Crippen molar-refractivity contribution in [2.24, 2.45) is 5.92 Å². The van der Waals surface area contributed by atoms with Crippen LogP contribution in [0.4, 0.5) is 13.2 Å². The van der Waals surface area contributed by atoms with Crippen LogP contribution in [0.3, 0.4) is 0 Å². The van der Waals surface area contributed by atoms with E-state index in [1.807, 2.05) is 13.8 Å². The molecule has 0 saturated carbocycles. The van der Waals surface area contributed by atoms with Crippen LogP contribution in [0.5, 0.6) is 0 Å². The van der Waals surface area contributed by atoms with Crippen LogP contribution in [-0.2, 0) is 12.6 Å². The van der Waals surface area contributed by atoms with E-state index in [4.69, 9.17) is 5.26 Å². The van der Waals surface area contributed by atoms with Gasteiger partial charge in [0.1, 0.15) is 11.6 Å². The predicted octanol–water partition coefficient (Wildman–Crippen LogP) is 2.89. The highest BCUT2D eigenvalue weighted by Crippen LogP contribution is 2.31. The fourth-order valence-electron chi connectivity index (χ4n) is 1.32. The Morgan fingerprint density at radius 3 is 2.50 bits per heavy atom. The summed E-state index contributed by atoms with van der Waals surface area (Å²) in [4.78, 5) is 0. The molecule has 3 nitrogen and oxygen atoms in total. The number of nitrogens with zero attached hydrogens (tertiary/aromatic N) is 2. The van der Waals surface area contributed by atoms with Crippen LogP contribution in [-0.4, -0.2) is 10.2 Å². The summed E-state index contributed by atoms with van der Waals surface area (Å²) in [5.74, 6) is 0.365. The minimum absolute atomic E-state index is 0.267. The minimum atomic E-state index is -4.57. The van der Waals surface area contributed by atoms with Crippen LogP contribution < -0.4 is 0 Å². The molecule has 0 bridgehead atoms. The number of halogens is 3. The molecule has 0 saturated heterocycles. The molecule has 1 aromatic rings. The molecule has 0 spiro atoms. The maximum atomic E-state index is 12.4. The summed E-state index contributed by atoms with van der Waals surface area (Å²) >= 11 is 0. The summed E-state index contributed by atoms with van der Waals surface area (Å²) < 4.78 is 37.2. The minimum Gasteiger partial charge on any atom is -0.281 e. The van der Waals surface area contributed by atoms with Gasteiger partial charge in [0.15, 0.2) is 5.69 Å². The maximum absolute atomic E-state index is 12.4. The van der Waals surface area contributed by atoms with E-state index in [1.54, 1.807) is 6.07 Å². The summed E-state index contributed by atoms with van der Waals surface area (Å²) in [6.07, 6.45) is -3.45. The molecule has 1 rings (SSSR count). The molecule has 0 aliphatic rings. The van der Waals surface area contributed by atoms with Crippen LogP contribution in [0.25, 0.3) is 0 Å². The topological polar surface area (TPSA) is 52.5 Å². The number of rotatable bonds is 3. The third-order valence-electron chi connectivity index (χ3n) is 2.19. The second-order valence-corrected chi connectivity index (χ2v) is 3.97. The van der Waals surface area contributed by atoms with Crippen molar-refractivity contribution in [3.63, 3.8) is 0 Å². The lowest BCUT2D eigenvalue weighted by Gasteiger charge is -2.03. The zero-order valence-electron chi connectivity index (χ0n) is 9.02. The van der Waals surface area contributed by atoms with Gasteiger partial charge in [0.25, 0.3) is 0 Å². The quantitative estimate of drug-likeness (QED) is 0.869. The Labute approximate surface area is 91.3 Å². The molecule has 16 heavy (non-hydrogen) atoms. The lowest BCUT2D eigenvalue weighted by Crippen LogP contribution is -2.08. The second-order valence-electron chi connectivity index (χ2n) is 3.97. The number of aromatic nitrogens is 2. The van der Waals surface area contributed by atoms with Crippen molar-refractivity contribution in [3.8, 4) is 6.07 Å². The summed E-state index contributed by atoms with van der Waals surface area (Å²) in [7, 11) is 0. The molecule has 0 amide bonds. The van der Waals surface area contributed by atoms with E-state index in [0.29, 0.717) is 18.8 Å². The van der Waals surface area contributed by atoms with Crippen molar-refractivity contribution in [2.45, 2.75) is 32.9 Å². The van der Waals surface area contributed by atoms with E-state index in [0.717, 1.165) is 0 Å². The first-order chi connectivity index (χ1) is 7.36. The van der Waals surface area contributed by atoms with Gasteiger partial charge in [-0.25, -0.2) is 0 Å². The van der Waals surface area contributed by atoms with Crippen molar-refractivity contribution < 1.29 is 13.2 Å². The normalized spacial score (nSPS) is 11.8. The molecule has 1 heterocycles. The fraction of sp³-hybridized carbons (Fsp3) is 0.600. The van der Waals surface area contributed by atoms with Gasteiger partial charge < -0.3 is 0 Å². The Bertz CT molecular complexity index is 398. The first-order valence-electron chi connectivity index (χ1n) is 4.90. The summed E-state index contributed by atoms with van der Waals surface area (Å²) in [6, 6.07) is 1.56. The first kappa shape index (κ1) is 12.6. The molecule has 0 aliphatic carbocycles. The first-order valence-corrected chi connectivity index (χ1v) is 4.90. The van der Waals surface area contributed by atoms with Gasteiger partial charge in [0.05, 0.1) is 5.69 Å². The highest BCUT2D eigenvalue weighted by atomic mass is 19.4. The highest BCUT2D eigenvalue weighted by Gasteiger charge is 2.38. The molecule has 0 aliphatic heterocycles. The third kappa shape index (κ3) is 2.75. The lowest BCUT2D eigenvalue weighted by atomic mass is 10.0. The number of hydrogen-bond acceptors (Lipinski definition) is 2. The van der Waals surface area contributed by atoms with Gasteiger partial charge in [0, 0.05) is 0 Å². The smallest absolute Gasteiger partial charge is 0.281 e. The molecule has 1 N–H and O–H groups in total.